The highest BCUT2D eigenvalue weighted by Crippen LogP contribution is 2.31. The fraction of sp³-hybridized carbons (Fsp3) is 0.381. The molecule has 1 aliphatic carbocycles. The number of sulfonamides is 1. The van der Waals surface area contributed by atoms with Crippen LogP contribution in [0, 0.1) is 5.82 Å². The quantitative estimate of drug-likeness (QED) is 0.632. The van der Waals surface area contributed by atoms with Gasteiger partial charge in [0.25, 0.3) is 0 Å². The average molecular weight is 458 g/mol. The van der Waals surface area contributed by atoms with Gasteiger partial charge in [0.15, 0.2) is 0 Å². The Labute approximate surface area is 178 Å². The first-order valence-electron chi connectivity index (χ1n) is 9.82. The Bertz CT molecular complexity index is 1020. The van der Waals surface area contributed by atoms with Crippen molar-refractivity contribution in [3.05, 3.63) is 59.9 Å². The zero-order chi connectivity index (χ0) is 22.6. The number of amides is 1. The number of carbonyl (C=O) groups is 1. The van der Waals surface area contributed by atoms with Crippen LogP contribution in [-0.2, 0) is 21.0 Å². The van der Waals surface area contributed by atoms with E-state index in [9.17, 15) is 30.8 Å². The summed E-state index contributed by atoms with van der Waals surface area (Å²) >= 11 is 0. The van der Waals surface area contributed by atoms with E-state index in [2.05, 4.69) is 5.32 Å². The number of anilines is 1. The summed E-state index contributed by atoms with van der Waals surface area (Å²) in [5.41, 5.74) is -1.00. The van der Waals surface area contributed by atoms with Gasteiger partial charge in [0.1, 0.15) is 5.82 Å². The van der Waals surface area contributed by atoms with Crippen LogP contribution >= 0.6 is 0 Å². The molecule has 0 atom stereocenters. The molecular weight excluding hydrogens is 436 g/mol. The van der Waals surface area contributed by atoms with Crippen molar-refractivity contribution in [2.75, 3.05) is 11.9 Å². The van der Waals surface area contributed by atoms with Crippen LogP contribution in [0.2, 0.25) is 0 Å². The Hall–Kier alpha value is -2.46. The molecule has 31 heavy (non-hydrogen) atoms. The molecule has 0 unspecified atom stereocenters. The van der Waals surface area contributed by atoms with Gasteiger partial charge in [-0.1, -0.05) is 25.3 Å². The summed E-state index contributed by atoms with van der Waals surface area (Å²) in [7, 11) is -4.11. The topological polar surface area (TPSA) is 66.5 Å². The summed E-state index contributed by atoms with van der Waals surface area (Å²) in [5, 5.41) is 2.35. The minimum Gasteiger partial charge on any atom is -0.325 e. The van der Waals surface area contributed by atoms with E-state index in [0.717, 1.165) is 66.0 Å². The molecule has 5 nitrogen and oxygen atoms in total. The number of alkyl halides is 3. The SMILES string of the molecule is O=C(CN(C1CCCCC1)S(=O)(=O)c1ccc(F)cc1)Nc1cccc(C(F)(F)F)c1. The molecule has 2 aromatic rings. The third-order valence-electron chi connectivity index (χ3n) is 5.18. The normalized spacial score (nSPS) is 15.8. The molecular formula is C21H22F4N2O3S. The first kappa shape index (κ1) is 23.2. The highest BCUT2D eigenvalue weighted by atomic mass is 32.2. The highest BCUT2D eigenvalue weighted by Gasteiger charge is 2.34. The van der Waals surface area contributed by atoms with Crippen molar-refractivity contribution < 1.29 is 30.8 Å². The predicted octanol–water partition coefficient (Wildman–Crippen LogP) is 4.81. The number of rotatable bonds is 6. The summed E-state index contributed by atoms with van der Waals surface area (Å²) in [6.07, 6.45) is -0.878. The summed E-state index contributed by atoms with van der Waals surface area (Å²) in [6, 6.07) is 8.01. The molecule has 1 aliphatic rings. The van der Waals surface area contributed by atoms with E-state index in [0.29, 0.717) is 12.8 Å². The second-order valence-electron chi connectivity index (χ2n) is 7.42. The second kappa shape index (κ2) is 9.35. The fourth-order valence-electron chi connectivity index (χ4n) is 3.64. The molecule has 1 fully saturated rings. The largest absolute Gasteiger partial charge is 0.416 e. The molecule has 0 bridgehead atoms. The second-order valence-corrected chi connectivity index (χ2v) is 9.31. The third-order valence-corrected chi connectivity index (χ3v) is 7.09. The van der Waals surface area contributed by atoms with Crippen molar-refractivity contribution in [2.24, 2.45) is 0 Å². The van der Waals surface area contributed by atoms with Crippen LogP contribution in [0.4, 0.5) is 23.2 Å². The van der Waals surface area contributed by atoms with Gasteiger partial charge in [0, 0.05) is 11.7 Å². The molecule has 0 aromatic heterocycles. The maximum atomic E-state index is 13.2. The lowest BCUT2D eigenvalue weighted by Crippen LogP contribution is -2.45. The van der Waals surface area contributed by atoms with Gasteiger partial charge in [0.05, 0.1) is 17.0 Å². The van der Waals surface area contributed by atoms with Crippen LogP contribution in [0.5, 0.6) is 0 Å². The molecule has 2 aromatic carbocycles. The highest BCUT2D eigenvalue weighted by molar-refractivity contribution is 7.89. The monoisotopic (exact) mass is 458 g/mol. The minimum atomic E-state index is -4.57. The van der Waals surface area contributed by atoms with Gasteiger partial charge in [-0.05, 0) is 55.3 Å². The van der Waals surface area contributed by atoms with E-state index in [4.69, 9.17) is 0 Å². The van der Waals surface area contributed by atoms with Crippen LogP contribution in [-0.4, -0.2) is 31.2 Å². The van der Waals surface area contributed by atoms with Crippen LogP contribution in [0.1, 0.15) is 37.7 Å². The first-order chi connectivity index (χ1) is 14.6. The van der Waals surface area contributed by atoms with Crippen LogP contribution in [0.15, 0.2) is 53.4 Å². The molecule has 3 rings (SSSR count). The molecule has 0 saturated heterocycles. The Morgan fingerprint density at radius 3 is 2.29 bits per heavy atom. The maximum Gasteiger partial charge on any atom is 0.416 e. The van der Waals surface area contributed by atoms with Crippen molar-refractivity contribution >= 4 is 21.6 Å². The lowest BCUT2D eigenvalue weighted by atomic mass is 9.95. The minimum absolute atomic E-state index is 0.0809. The van der Waals surface area contributed by atoms with Gasteiger partial charge in [-0.3, -0.25) is 4.79 Å². The van der Waals surface area contributed by atoms with Gasteiger partial charge < -0.3 is 5.32 Å². The third kappa shape index (κ3) is 5.82. The molecule has 10 heteroatoms. The predicted molar refractivity (Wildman–Crippen MR) is 107 cm³/mol. The molecule has 0 aliphatic heterocycles. The van der Waals surface area contributed by atoms with Gasteiger partial charge in [-0.15, -0.1) is 0 Å². The number of nitrogens with zero attached hydrogens (tertiary/aromatic N) is 1. The van der Waals surface area contributed by atoms with Gasteiger partial charge in [0.2, 0.25) is 15.9 Å². The Balaban J connectivity index is 1.83. The van der Waals surface area contributed by atoms with Crippen molar-refractivity contribution in [3.63, 3.8) is 0 Å². The number of hydrogen-bond donors (Lipinski definition) is 1. The summed E-state index contributed by atoms with van der Waals surface area (Å²) in [6.45, 7) is -0.555. The number of benzene rings is 2. The van der Waals surface area contributed by atoms with Crippen LogP contribution < -0.4 is 5.32 Å². The summed E-state index contributed by atoms with van der Waals surface area (Å²) in [5.74, 6) is -1.35. The van der Waals surface area contributed by atoms with Crippen molar-refractivity contribution in [1.29, 1.82) is 0 Å². The van der Waals surface area contributed by atoms with Gasteiger partial charge >= 0.3 is 6.18 Å². The first-order valence-corrected chi connectivity index (χ1v) is 11.3. The van der Waals surface area contributed by atoms with Crippen molar-refractivity contribution in [2.45, 2.75) is 49.2 Å². The molecule has 1 amide bonds. The molecule has 1 saturated carbocycles. The number of halogens is 4. The Morgan fingerprint density at radius 2 is 1.68 bits per heavy atom. The molecule has 1 N–H and O–H groups in total. The lowest BCUT2D eigenvalue weighted by Gasteiger charge is -2.33. The van der Waals surface area contributed by atoms with Crippen molar-refractivity contribution in [1.82, 2.24) is 4.31 Å². The van der Waals surface area contributed by atoms with Crippen LogP contribution in [0.25, 0.3) is 0 Å². The number of carbonyl (C=O) groups excluding carboxylic acids is 1. The summed E-state index contributed by atoms with van der Waals surface area (Å²) < 4.78 is 79.4. The molecule has 0 radical (unpaired) electrons. The zero-order valence-corrected chi connectivity index (χ0v) is 17.3. The molecule has 168 valence electrons. The van der Waals surface area contributed by atoms with Gasteiger partial charge in [-0.2, -0.15) is 17.5 Å². The smallest absolute Gasteiger partial charge is 0.325 e. The van der Waals surface area contributed by atoms with E-state index in [-0.39, 0.29) is 10.6 Å². The van der Waals surface area contributed by atoms with Gasteiger partial charge in [-0.25, -0.2) is 12.8 Å². The zero-order valence-electron chi connectivity index (χ0n) is 16.5. The molecule has 0 spiro atoms. The fourth-order valence-corrected chi connectivity index (χ4v) is 5.28. The van der Waals surface area contributed by atoms with E-state index in [1.807, 2.05) is 0 Å². The lowest BCUT2D eigenvalue weighted by molar-refractivity contribution is -0.137. The van der Waals surface area contributed by atoms with E-state index in [1.165, 1.54) is 6.07 Å². The van der Waals surface area contributed by atoms with E-state index < -0.39 is 46.1 Å². The van der Waals surface area contributed by atoms with E-state index in [1.54, 1.807) is 0 Å². The maximum absolute atomic E-state index is 13.2. The van der Waals surface area contributed by atoms with E-state index >= 15 is 0 Å². The van der Waals surface area contributed by atoms with Crippen molar-refractivity contribution in [3.8, 4) is 0 Å². The average Bonchev–Trinajstić information content (AvgIpc) is 2.72. The molecule has 0 heterocycles. The standard InChI is InChI=1S/C21H22F4N2O3S/c22-16-9-11-19(12-10-16)31(29,30)27(18-7-2-1-3-8-18)14-20(28)26-17-6-4-5-15(13-17)21(23,24)25/h4-6,9-13,18H,1-3,7-8,14H2,(H,26,28). The number of hydrogen-bond acceptors (Lipinski definition) is 3. The van der Waals surface area contributed by atoms with Crippen LogP contribution in [0.3, 0.4) is 0 Å². The Morgan fingerprint density at radius 1 is 1.03 bits per heavy atom. The Kier molecular flexibility index (Phi) is 7.00. The number of nitrogens with one attached hydrogen (secondary N) is 1. The summed E-state index contributed by atoms with van der Waals surface area (Å²) in [4.78, 5) is 12.5.